The molecule has 0 aliphatic rings. The van der Waals surface area contributed by atoms with Crippen molar-refractivity contribution in [3.63, 3.8) is 0 Å². The molecule has 0 spiro atoms. The van der Waals surface area contributed by atoms with E-state index in [1.807, 2.05) is 85.8 Å². The minimum Gasteiger partial charge on any atom is -0.456 e. The second kappa shape index (κ2) is 14.9. The van der Waals surface area contributed by atoms with Crippen molar-refractivity contribution in [1.82, 2.24) is 19.5 Å². The Hall–Kier alpha value is -8.09. The molecule has 0 fully saturated rings. The van der Waals surface area contributed by atoms with E-state index in [4.69, 9.17) is 23.8 Å². The Morgan fingerprint density at radius 3 is 1.97 bits per heavy atom. The second-order valence-electron chi connectivity index (χ2n) is 15.1. The Morgan fingerprint density at radius 1 is 0.574 bits per heavy atom. The lowest BCUT2D eigenvalue weighted by Gasteiger charge is -2.23. The van der Waals surface area contributed by atoms with Crippen molar-refractivity contribution in [3.8, 4) is 22.8 Å². The third kappa shape index (κ3) is 6.16. The molecular formula is C55H38N4O2. The number of fused-ring (bicyclic) bond motifs is 10. The van der Waals surface area contributed by atoms with E-state index in [9.17, 15) is 0 Å². The molecule has 0 amide bonds. The summed E-state index contributed by atoms with van der Waals surface area (Å²) in [5, 5.41) is 6.59. The minimum absolute atomic E-state index is 0.303. The maximum absolute atomic E-state index is 6.49. The van der Waals surface area contributed by atoms with Crippen LogP contribution in [0.2, 0.25) is 0 Å². The fourth-order valence-corrected chi connectivity index (χ4v) is 8.73. The van der Waals surface area contributed by atoms with Crippen LogP contribution in [0.4, 0.5) is 0 Å². The molecule has 4 aromatic heterocycles. The number of benzene rings is 7. The number of rotatable bonds is 9. The quantitative estimate of drug-likeness (QED) is 0.136. The molecule has 0 bridgehead atoms. The van der Waals surface area contributed by atoms with E-state index >= 15 is 0 Å². The van der Waals surface area contributed by atoms with Crippen molar-refractivity contribution in [1.29, 1.82) is 0 Å². The van der Waals surface area contributed by atoms with Crippen molar-refractivity contribution in [3.05, 3.63) is 212 Å². The smallest absolute Gasteiger partial charge is 0.164 e. The van der Waals surface area contributed by atoms with Gasteiger partial charge in [0.1, 0.15) is 22.3 Å². The van der Waals surface area contributed by atoms with Gasteiger partial charge in [-0.15, -0.1) is 0 Å². The van der Waals surface area contributed by atoms with Crippen molar-refractivity contribution >= 4 is 76.8 Å². The van der Waals surface area contributed by atoms with Crippen LogP contribution in [-0.4, -0.2) is 19.5 Å². The number of furan rings is 2. The van der Waals surface area contributed by atoms with Gasteiger partial charge in [0.2, 0.25) is 0 Å². The predicted molar refractivity (Wildman–Crippen MR) is 251 cm³/mol. The number of hydrogen-bond donors (Lipinski definition) is 0. The predicted octanol–water partition coefficient (Wildman–Crippen LogP) is 14.6. The molecule has 1 atom stereocenters. The number of para-hydroxylation sites is 3. The molecule has 0 N–H and O–H groups in total. The highest BCUT2D eigenvalue weighted by atomic mass is 16.3. The molecule has 4 heterocycles. The second-order valence-corrected chi connectivity index (χ2v) is 15.1. The van der Waals surface area contributed by atoms with E-state index in [2.05, 4.69) is 126 Å². The first-order chi connectivity index (χ1) is 30.2. The SMILES string of the molecule is C=C/C=C\C(/C(=C\C(=C/C)c1nc(-c2ccccc2)nc(-c2ccc3c(c2)oc2ccccc23)n1)c1ccccc1)n1c2ccccc2c2ccc3oc4ccccc4c3c21. The fourth-order valence-electron chi connectivity index (χ4n) is 8.73. The normalized spacial score (nSPS) is 13.1. The maximum atomic E-state index is 6.49. The third-order valence-electron chi connectivity index (χ3n) is 11.5. The van der Waals surface area contributed by atoms with E-state index in [-0.39, 0.29) is 6.04 Å². The van der Waals surface area contributed by atoms with Crippen LogP contribution in [0.25, 0.3) is 99.6 Å². The summed E-state index contributed by atoms with van der Waals surface area (Å²) in [5.41, 5.74) is 10.2. The van der Waals surface area contributed by atoms with Crippen LogP contribution in [0.1, 0.15) is 24.4 Å². The van der Waals surface area contributed by atoms with Crippen LogP contribution in [0.15, 0.2) is 210 Å². The standard InChI is InChI=1S/C55H38N4O2/c1-3-5-25-46(59-45-26-15-12-22-39(45)42-31-32-49-51(52(42)59)43-24-14-17-28-48(43)60-49)44(36-18-8-6-9-19-36)33-35(4-2)53-56-54(37-20-10-7-11-21-37)58-55(57-53)38-29-30-41-40-23-13-16-27-47(40)61-50(41)34-38/h3-34,46H,1H2,2H3/b25-5-,35-4+,44-33-. The number of hydrogen-bond acceptors (Lipinski definition) is 5. The molecule has 0 saturated heterocycles. The summed E-state index contributed by atoms with van der Waals surface area (Å²) >= 11 is 0. The van der Waals surface area contributed by atoms with Gasteiger partial charge >= 0.3 is 0 Å². The summed E-state index contributed by atoms with van der Waals surface area (Å²) in [5.74, 6) is 1.69. The van der Waals surface area contributed by atoms with Gasteiger partial charge in [0, 0.05) is 49.1 Å². The Labute approximate surface area is 351 Å². The molecular weight excluding hydrogens is 749 g/mol. The highest BCUT2D eigenvalue weighted by Gasteiger charge is 2.25. The first-order valence-electron chi connectivity index (χ1n) is 20.5. The summed E-state index contributed by atoms with van der Waals surface area (Å²) < 4.78 is 15.3. The van der Waals surface area contributed by atoms with Gasteiger partial charge in [0.25, 0.3) is 0 Å². The summed E-state index contributed by atoms with van der Waals surface area (Å²) in [6.07, 6.45) is 10.4. The Kier molecular flexibility index (Phi) is 8.82. The van der Waals surface area contributed by atoms with Gasteiger partial charge in [0.05, 0.1) is 16.9 Å². The Bertz CT molecular complexity index is 3570. The first-order valence-corrected chi connectivity index (χ1v) is 20.5. The van der Waals surface area contributed by atoms with Crippen LogP contribution in [0, 0.1) is 0 Å². The molecule has 61 heavy (non-hydrogen) atoms. The average molecular weight is 787 g/mol. The molecule has 0 saturated carbocycles. The lowest BCUT2D eigenvalue weighted by Crippen LogP contribution is -2.10. The summed E-state index contributed by atoms with van der Waals surface area (Å²) in [6.45, 7) is 6.15. The lowest BCUT2D eigenvalue weighted by molar-refractivity contribution is 0.668. The van der Waals surface area contributed by atoms with Gasteiger partial charge in [0.15, 0.2) is 17.5 Å². The topological polar surface area (TPSA) is 69.9 Å². The van der Waals surface area contributed by atoms with Gasteiger partial charge in [-0.1, -0.05) is 152 Å². The monoisotopic (exact) mass is 786 g/mol. The lowest BCUT2D eigenvalue weighted by atomic mass is 9.94. The van der Waals surface area contributed by atoms with Crippen LogP contribution in [0.5, 0.6) is 0 Å². The van der Waals surface area contributed by atoms with E-state index in [0.717, 1.165) is 93.5 Å². The highest BCUT2D eigenvalue weighted by molar-refractivity contribution is 6.24. The first kappa shape index (κ1) is 36.0. The van der Waals surface area contributed by atoms with Crippen LogP contribution < -0.4 is 0 Å². The average Bonchev–Trinajstić information content (AvgIpc) is 4.00. The molecule has 6 nitrogen and oxygen atoms in total. The summed E-state index contributed by atoms with van der Waals surface area (Å²) in [4.78, 5) is 15.5. The summed E-state index contributed by atoms with van der Waals surface area (Å²) in [7, 11) is 0. The number of nitrogens with zero attached hydrogens (tertiary/aromatic N) is 4. The zero-order chi connectivity index (χ0) is 40.9. The Morgan fingerprint density at radius 2 is 1.20 bits per heavy atom. The zero-order valence-electron chi connectivity index (χ0n) is 33.4. The van der Waals surface area contributed by atoms with Gasteiger partial charge in [-0.3, -0.25) is 0 Å². The molecule has 0 radical (unpaired) electrons. The molecule has 7 aromatic carbocycles. The molecule has 11 rings (SSSR count). The number of allylic oxidation sites excluding steroid dienone is 7. The van der Waals surface area contributed by atoms with Gasteiger partial charge < -0.3 is 13.4 Å². The van der Waals surface area contributed by atoms with Gasteiger partial charge in [-0.2, -0.15) is 0 Å². The maximum Gasteiger partial charge on any atom is 0.164 e. The van der Waals surface area contributed by atoms with Crippen molar-refractivity contribution < 1.29 is 8.83 Å². The molecule has 0 aliphatic heterocycles. The minimum atomic E-state index is -0.303. The fraction of sp³-hybridized carbons (Fsp3) is 0.0364. The molecule has 0 aliphatic carbocycles. The molecule has 1 unspecified atom stereocenters. The van der Waals surface area contributed by atoms with E-state index in [1.165, 1.54) is 0 Å². The largest absolute Gasteiger partial charge is 0.456 e. The highest BCUT2D eigenvalue weighted by Crippen LogP contribution is 2.44. The van der Waals surface area contributed by atoms with E-state index < -0.39 is 0 Å². The summed E-state index contributed by atoms with van der Waals surface area (Å²) in [6, 6.07) is 55.8. The van der Waals surface area contributed by atoms with Crippen molar-refractivity contribution in [2.24, 2.45) is 0 Å². The molecule has 6 heteroatoms. The van der Waals surface area contributed by atoms with Crippen molar-refractivity contribution in [2.75, 3.05) is 0 Å². The van der Waals surface area contributed by atoms with E-state index in [0.29, 0.717) is 17.5 Å². The van der Waals surface area contributed by atoms with E-state index in [1.54, 1.807) is 0 Å². The van der Waals surface area contributed by atoms with Gasteiger partial charge in [-0.25, -0.2) is 15.0 Å². The molecule has 290 valence electrons. The number of aromatic nitrogens is 4. The van der Waals surface area contributed by atoms with Gasteiger partial charge in [-0.05, 0) is 66.6 Å². The van der Waals surface area contributed by atoms with Crippen molar-refractivity contribution in [2.45, 2.75) is 13.0 Å². The van der Waals surface area contributed by atoms with Crippen LogP contribution in [-0.2, 0) is 0 Å². The molecule has 11 aromatic rings. The zero-order valence-corrected chi connectivity index (χ0v) is 33.4. The third-order valence-corrected chi connectivity index (χ3v) is 11.5. The van der Waals surface area contributed by atoms with Crippen LogP contribution >= 0.6 is 0 Å². The van der Waals surface area contributed by atoms with Crippen LogP contribution in [0.3, 0.4) is 0 Å². The Balaban J connectivity index is 1.16.